The number of ether oxygens (including phenoxy) is 1. The van der Waals surface area contributed by atoms with Crippen molar-refractivity contribution in [1.29, 1.82) is 0 Å². The van der Waals surface area contributed by atoms with Crippen LogP contribution in [-0.2, 0) is 12.1 Å². The molecule has 0 amide bonds. The summed E-state index contributed by atoms with van der Waals surface area (Å²) in [5, 5.41) is 17.9. The van der Waals surface area contributed by atoms with E-state index >= 15 is 0 Å². The monoisotopic (exact) mass is 339 g/mol. The summed E-state index contributed by atoms with van der Waals surface area (Å²) in [6.45, 7) is 7.47. The lowest BCUT2D eigenvalue weighted by Gasteiger charge is -2.18. The number of benzene rings is 1. The second-order valence-electron chi connectivity index (χ2n) is 6.35. The van der Waals surface area contributed by atoms with E-state index in [-0.39, 0.29) is 17.9 Å². The third-order valence-electron chi connectivity index (χ3n) is 3.49. The van der Waals surface area contributed by atoms with E-state index in [9.17, 15) is 5.11 Å². The van der Waals surface area contributed by atoms with Crippen molar-refractivity contribution in [2.75, 3.05) is 13.7 Å². The van der Waals surface area contributed by atoms with Crippen LogP contribution in [0.1, 0.15) is 38.0 Å². The minimum Gasteiger partial charge on any atom is -0.496 e. The van der Waals surface area contributed by atoms with Gasteiger partial charge in [-0.15, -0.1) is 12.4 Å². The molecule has 0 aliphatic heterocycles. The highest BCUT2D eigenvalue weighted by molar-refractivity contribution is 5.85. The van der Waals surface area contributed by atoms with E-state index in [1.54, 1.807) is 7.11 Å². The van der Waals surface area contributed by atoms with Crippen LogP contribution in [0.15, 0.2) is 36.7 Å². The number of aromatic nitrogens is 2. The van der Waals surface area contributed by atoms with Crippen LogP contribution in [-0.4, -0.2) is 28.5 Å². The van der Waals surface area contributed by atoms with Crippen LogP contribution in [0, 0.1) is 0 Å². The highest BCUT2D eigenvalue weighted by Crippen LogP contribution is 2.24. The number of methoxy groups -OCH3 is 1. The second-order valence-corrected chi connectivity index (χ2v) is 6.35. The number of nitrogens with one attached hydrogen (secondary N) is 1. The van der Waals surface area contributed by atoms with Crippen molar-refractivity contribution >= 4 is 12.4 Å². The van der Waals surface area contributed by atoms with E-state index in [4.69, 9.17) is 4.74 Å². The molecule has 0 aliphatic carbocycles. The Morgan fingerprint density at radius 1 is 1.30 bits per heavy atom. The SMILES string of the molecule is COc1ccccc1C(O)CNCc1cnn(C(C)(C)C)c1.Cl. The first kappa shape index (κ1) is 19.5. The molecule has 0 aliphatic rings. The molecule has 0 saturated heterocycles. The molecule has 1 unspecified atom stereocenters. The highest BCUT2D eigenvalue weighted by Gasteiger charge is 2.15. The van der Waals surface area contributed by atoms with Crippen molar-refractivity contribution < 1.29 is 9.84 Å². The average molecular weight is 340 g/mol. The van der Waals surface area contributed by atoms with Gasteiger partial charge < -0.3 is 15.2 Å². The van der Waals surface area contributed by atoms with Gasteiger partial charge in [-0.1, -0.05) is 18.2 Å². The van der Waals surface area contributed by atoms with Gasteiger partial charge in [0.05, 0.1) is 24.9 Å². The molecule has 0 fully saturated rings. The van der Waals surface area contributed by atoms with E-state index in [1.807, 2.05) is 41.3 Å². The predicted molar refractivity (Wildman–Crippen MR) is 94.1 cm³/mol. The van der Waals surface area contributed by atoms with Gasteiger partial charge in [0.15, 0.2) is 0 Å². The van der Waals surface area contributed by atoms with Crippen LogP contribution in [0.25, 0.3) is 0 Å². The maximum atomic E-state index is 10.3. The fourth-order valence-electron chi connectivity index (χ4n) is 2.22. The molecule has 0 spiro atoms. The summed E-state index contributed by atoms with van der Waals surface area (Å²) in [6, 6.07) is 7.52. The first-order valence-corrected chi connectivity index (χ1v) is 7.47. The van der Waals surface area contributed by atoms with Gasteiger partial charge in [-0.2, -0.15) is 5.10 Å². The molecule has 6 heteroatoms. The van der Waals surface area contributed by atoms with Gasteiger partial charge >= 0.3 is 0 Å². The predicted octanol–water partition coefficient (Wildman–Crippen LogP) is 2.89. The van der Waals surface area contributed by atoms with Gasteiger partial charge in [0.2, 0.25) is 0 Å². The number of hydrogen-bond acceptors (Lipinski definition) is 4. The Labute approximate surface area is 144 Å². The van der Waals surface area contributed by atoms with E-state index < -0.39 is 6.10 Å². The van der Waals surface area contributed by atoms with Crippen LogP contribution in [0.2, 0.25) is 0 Å². The molecule has 0 bridgehead atoms. The summed E-state index contributed by atoms with van der Waals surface area (Å²) in [6.07, 6.45) is 3.28. The summed E-state index contributed by atoms with van der Waals surface area (Å²) in [5.74, 6) is 0.706. The summed E-state index contributed by atoms with van der Waals surface area (Å²) < 4.78 is 7.22. The molecule has 2 aromatic rings. The number of aliphatic hydroxyl groups excluding tert-OH is 1. The van der Waals surface area contributed by atoms with Gasteiger partial charge in [0.1, 0.15) is 5.75 Å². The number of hydrogen-bond donors (Lipinski definition) is 2. The fourth-order valence-corrected chi connectivity index (χ4v) is 2.22. The Bertz CT molecular complexity index is 608. The minimum atomic E-state index is -0.603. The first-order valence-electron chi connectivity index (χ1n) is 7.47. The van der Waals surface area contributed by atoms with E-state index in [1.165, 1.54) is 0 Å². The lowest BCUT2D eigenvalue weighted by Crippen LogP contribution is -2.23. The van der Waals surface area contributed by atoms with Crippen molar-refractivity contribution in [2.24, 2.45) is 0 Å². The van der Waals surface area contributed by atoms with Crippen LogP contribution >= 0.6 is 12.4 Å². The number of rotatable bonds is 6. The standard InChI is InChI=1S/C17H25N3O2.ClH/c1-17(2,3)20-12-13(10-19-20)9-18-11-15(21)14-7-5-6-8-16(14)22-4;/h5-8,10,12,15,18,21H,9,11H2,1-4H3;1H. The molecular weight excluding hydrogens is 314 g/mol. The van der Waals surface area contributed by atoms with Gasteiger partial charge in [0.25, 0.3) is 0 Å². The zero-order valence-corrected chi connectivity index (χ0v) is 14.9. The van der Waals surface area contributed by atoms with Gasteiger partial charge in [-0.05, 0) is 26.8 Å². The summed E-state index contributed by atoms with van der Waals surface area (Å²) in [5.41, 5.74) is 1.87. The summed E-state index contributed by atoms with van der Waals surface area (Å²) in [4.78, 5) is 0. The van der Waals surface area contributed by atoms with E-state index in [2.05, 4.69) is 31.2 Å². The Hall–Kier alpha value is -1.56. The lowest BCUT2D eigenvalue weighted by molar-refractivity contribution is 0.170. The minimum absolute atomic E-state index is 0. The topological polar surface area (TPSA) is 59.3 Å². The zero-order chi connectivity index (χ0) is 16.2. The molecule has 1 aromatic heterocycles. The third kappa shape index (κ3) is 5.23. The van der Waals surface area contributed by atoms with Gasteiger partial charge in [-0.3, -0.25) is 4.68 Å². The maximum absolute atomic E-state index is 10.3. The molecule has 1 heterocycles. The molecule has 0 saturated carbocycles. The number of aliphatic hydroxyl groups is 1. The largest absolute Gasteiger partial charge is 0.496 e. The normalized spacial score (nSPS) is 12.6. The van der Waals surface area contributed by atoms with E-state index in [0.717, 1.165) is 11.1 Å². The Morgan fingerprint density at radius 3 is 2.61 bits per heavy atom. The quantitative estimate of drug-likeness (QED) is 0.849. The Morgan fingerprint density at radius 2 is 2.00 bits per heavy atom. The Balaban J connectivity index is 0.00000264. The number of halogens is 1. The third-order valence-corrected chi connectivity index (χ3v) is 3.49. The van der Waals surface area contributed by atoms with Gasteiger partial charge in [0, 0.05) is 30.4 Å². The average Bonchev–Trinajstić information content (AvgIpc) is 2.96. The van der Waals surface area contributed by atoms with Crippen molar-refractivity contribution in [3.8, 4) is 5.75 Å². The highest BCUT2D eigenvalue weighted by atomic mass is 35.5. The molecule has 1 aromatic carbocycles. The van der Waals surface area contributed by atoms with Crippen LogP contribution in [0.3, 0.4) is 0 Å². The van der Waals surface area contributed by atoms with Crippen molar-refractivity contribution in [2.45, 2.75) is 39.0 Å². The summed E-state index contributed by atoms with van der Waals surface area (Å²) in [7, 11) is 1.61. The molecule has 0 radical (unpaired) electrons. The molecule has 23 heavy (non-hydrogen) atoms. The number of para-hydroxylation sites is 1. The first-order chi connectivity index (χ1) is 10.4. The summed E-state index contributed by atoms with van der Waals surface area (Å²) >= 11 is 0. The van der Waals surface area contributed by atoms with Crippen molar-refractivity contribution in [1.82, 2.24) is 15.1 Å². The molecule has 5 nitrogen and oxygen atoms in total. The molecular formula is C17H26ClN3O2. The maximum Gasteiger partial charge on any atom is 0.124 e. The fraction of sp³-hybridized carbons (Fsp3) is 0.471. The zero-order valence-electron chi connectivity index (χ0n) is 14.1. The lowest BCUT2D eigenvalue weighted by atomic mass is 10.1. The molecule has 2 rings (SSSR count). The molecule has 1 atom stereocenters. The van der Waals surface area contributed by atoms with Crippen LogP contribution in [0.4, 0.5) is 0 Å². The van der Waals surface area contributed by atoms with E-state index in [0.29, 0.717) is 18.8 Å². The smallest absolute Gasteiger partial charge is 0.124 e. The van der Waals surface area contributed by atoms with Crippen molar-refractivity contribution in [3.63, 3.8) is 0 Å². The Kier molecular flexibility index (Phi) is 7.06. The van der Waals surface area contributed by atoms with Crippen LogP contribution < -0.4 is 10.1 Å². The second kappa shape index (κ2) is 8.34. The van der Waals surface area contributed by atoms with Crippen LogP contribution in [0.5, 0.6) is 5.75 Å². The van der Waals surface area contributed by atoms with Gasteiger partial charge in [-0.25, -0.2) is 0 Å². The molecule has 128 valence electrons. The number of nitrogens with zero attached hydrogens (tertiary/aromatic N) is 2. The molecule has 2 N–H and O–H groups in total. The van der Waals surface area contributed by atoms with Crippen molar-refractivity contribution in [3.05, 3.63) is 47.8 Å².